The van der Waals surface area contributed by atoms with Crippen molar-refractivity contribution in [2.45, 2.75) is 0 Å². The highest BCUT2D eigenvalue weighted by Gasteiger charge is 2.03. The van der Waals surface area contributed by atoms with E-state index in [0.717, 1.165) is 12.6 Å². The second-order valence-electron chi connectivity index (χ2n) is 2.60. The lowest BCUT2D eigenvalue weighted by Crippen LogP contribution is -2.06. The lowest BCUT2D eigenvalue weighted by atomic mass is 10.5. The van der Waals surface area contributed by atoms with Crippen molar-refractivity contribution in [3.05, 3.63) is 23.2 Å². The number of aromatic carboxylic acids is 1. The third-order valence-electron chi connectivity index (χ3n) is 1.04. The molecule has 1 aromatic rings. The first-order valence-corrected chi connectivity index (χ1v) is 4.17. The first-order chi connectivity index (χ1) is 6.97. The van der Waals surface area contributed by atoms with E-state index in [9.17, 15) is 9.59 Å². The van der Waals surface area contributed by atoms with Crippen LogP contribution in [-0.2, 0) is 4.79 Å². The molecule has 1 N–H and O–H groups in total. The van der Waals surface area contributed by atoms with Crippen LogP contribution < -0.4 is 0 Å². The van der Waals surface area contributed by atoms with Gasteiger partial charge >= 0.3 is 5.97 Å². The number of carboxylic acids is 1. The number of hydrogen-bond donors (Lipinski definition) is 1. The molecule has 0 atom stereocenters. The Hall–Kier alpha value is -1.69. The fourth-order valence-electron chi connectivity index (χ4n) is 0.445. The molecule has 0 unspecified atom stereocenters. The molecule has 7 heteroatoms. The molecular formula is C8H10ClN3O3. The van der Waals surface area contributed by atoms with Gasteiger partial charge in [0.25, 0.3) is 0 Å². The second-order valence-corrected chi connectivity index (χ2v) is 2.99. The van der Waals surface area contributed by atoms with Crippen LogP contribution in [0.1, 0.15) is 10.5 Å². The Balaban J connectivity index is 0.000000336. The molecule has 0 saturated carbocycles. The van der Waals surface area contributed by atoms with Crippen LogP contribution in [0.5, 0.6) is 0 Å². The number of rotatable bonds is 2. The highest BCUT2D eigenvalue weighted by Crippen LogP contribution is 2.01. The van der Waals surface area contributed by atoms with Gasteiger partial charge in [-0.05, 0) is 0 Å². The van der Waals surface area contributed by atoms with Gasteiger partial charge < -0.3 is 10.0 Å². The van der Waals surface area contributed by atoms with Gasteiger partial charge in [-0.2, -0.15) is 0 Å². The van der Waals surface area contributed by atoms with Crippen LogP contribution in [0, 0.1) is 0 Å². The molecule has 0 radical (unpaired) electrons. The molecule has 0 aromatic carbocycles. The second kappa shape index (κ2) is 6.72. The monoisotopic (exact) mass is 231 g/mol. The van der Waals surface area contributed by atoms with Crippen LogP contribution in [0.25, 0.3) is 0 Å². The van der Waals surface area contributed by atoms with Gasteiger partial charge in [-0.3, -0.25) is 9.78 Å². The van der Waals surface area contributed by atoms with E-state index >= 15 is 0 Å². The Bertz CT molecular complexity index is 344. The number of carbonyl (C=O) groups excluding carboxylic acids is 1. The molecule has 1 amide bonds. The predicted octanol–water partition coefficient (Wildman–Crippen LogP) is 0.533. The van der Waals surface area contributed by atoms with Gasteiger partial charge in [0.15, 0.2) is 5.69 Å². The number of carboxylic acid groups (broad SMARTS) is 1. The fourth-order valence-corrected chi connectivity index (χ4v) is 0.593. The summed E-state index contributed by atoms with van der Waals surface area (Å²) in [4.78, 5) is 28.1. The Labute approximate surface area is 91.5 Å². The largest absolute Gasteiger partial charge is 0.476 e. The quantitative estimate of drug-likeness (QED) is 0.751. The van der Waals surface area contributed by atoms with Crippen molar-refractivity contribution in [2.24, 2.45) is 0 Å². The van der Waals surface area contributed by atoms with Gasteiger partial charge in [-0.15, -0.1) is 0 Å². The predicted molar refractivity (Wildman–Crippen MR) is 53.8 cm³/mol. The van der Waals surface area contributed by atoms with Crippen molar-refractivity contribution in [3.63, 3.8) is 0 Å². The SMILES string of the molecule is CN(C)C=O.O=C(O)c1cncc(Cl)n1. The van der Waals surface area contributed by atoms with E-state index in [0.29, 0.717) is 0 Å². The lowest BCUT2D eigenvalue weighted by molar-refractivity contribution is -0.115. The molecule has 0 aliphatic heterocycles. The molecule has 0 aliphatic carbocycles. The van der Waals surface area contributed by atoms with Crippen molar-refractivity contribution < 1.29 is 14.7 Å². The van der Waals surface area contributed by atoms with E-state index < -0.39 is 5.97 Å². The van der Waals surface area contributed by atoms with Crippen LogP contribution >= 0.6 is 11.6 Å². The van der Waals surface area contributed by atoms with Crippen LogP contribution in [0.3, 0.4) is 0 Å². The van der Waals surface area contributed by atoms with Crippen molar-refractivity contribution in [3.8, 4) is 0 Å². The summed E-state index contributed by atoms with van der Waals surface area (Å²) in [6, 6.07) is 0. The summed E-state index contributed by atoms with van der Waals surface area (Å²) in [5.74, 6) is -1.13. The van der Waals surface area contributed by atoms with E-state index in [1.165, 1.54) is 11.1 Å². The maximum Gasteiger partial charge on any atom is 0.356 e. The molecule has 1 rings (SSSR count). The molecule has 6 nitrogen and oxygen atoms in total. The smallest absolute Gasteiger partial charge is 0.356 e. The average molecular weight is 232 g/mol. The molecule has 0 fully saturated rings. The topological polar surface area (TPSA) is 83.4 Å². The molecule has 0 bridgehead atoms. The van der Waals surface area contributed by atoms with E-state index in [4.69, 9.17) is 16.7 Å². The van der Waals surface area contributed by atoms with E-state index in [2.05, 4.69) is 9.97 Å². The van der Waals surface area contributed by atoms with Crippen molar-refractivity contribution in [1.82, 2.24) is 14.9 Å². The number of amides is 1. The number of nitrogens with zero attached hydrogens (tertiary/aromatic N) is 3. The minimum Gasteiger partial charge on any atom is -0.476 e. The molecule has 1 heterocycles. The standard InChI is InChI=1S/C5H3ClN2O2.C3H7NO/c6-4-2-7-1-3(8-4)5(9)10;1-4(2)3-5/h1-2H,(H,9,10);3H,1-2H3. The van der Waals surface area contributed by atoms with Crippen LogP contribution in [0.15, 0.2) is 12.4 Å². The normalized spacial score (nSPS) is 8.47. The Morgan fingerprint density at radius 2 is 2.07 bits per heavy atom. The third-order valence-corrected chi connectivity index (χ3v) is 1.22. The third kappa shape index (κ3) is 6.39. The van der Waals surface area contributed by atoms with Crippen LogP contribution in [-0.4, -0.2) is 46.4 Å². The van der Waals surface area contributed by atoms with Gasteiger partial charge in [0.1, 0.15) is 5.15 Å². The molecule has 0 aliphatic rings. The molecule has 0 saturated heterocycles. The van der Waals surface area contributed by atoms with Gasteiger partial charge in [0.2, 0.25) is 6.41 Å². The summed E-state index contributed by atoms with van der Waals surface area (Å²) in [5.41, 5.74) is -0.146. The minimum atomic E-state index is -1.13. The summed E-state index contributed by atoms with van der Waals surface area (Å²) in [5, 5.41) is 8.43. The molecule has 1 aromatic heterocycles. The zero-order valence-corrected chi connectivity index (χ0v) is 8.97. The molecular weight excluding hydrogens is 222 g/mol. The zero-order valence-electron chi connectivity index (χ0n) is 8.22. The fraction of sp³-hybridized carbons (Fsp3) is 0.250. The van der Waals surface area contributed by atoms with Crippen LogP contribution in [0.4, 0.5) is 0 Å². The van der Waals surface area contributed by atoms with Crippen molar-refractivity contribution in [1.29, 1.82) is 0 Å². The average Bonchev–Trinajstić information content (AvgIpc) is 2.18. The van der Waals surface area contributed by atoms with E-state index in [-0.39, 0.29) is 10.8 Å². The maximum absolute atomic E-state index is 10.2. The maximum atomic E-state index is 10.2. The number of hydrogen-bond acceptors (Lipinski definition) is 4. The summed E-state index contributed by atoms with van der Waals surface area (Å²) in [6.45, 7) is 0. The summed E-state index contributed by atoms with van der Waals surface area (Å²) < 4.78 is 0. The first-order valence-electron chi connectivity index (χ1n) is 3.80. The van der Waals surface area contributed by atoms with Crippen molar-refractivity contribution >= 4 is 24.0 Å². The summed E-state index contributed by atoms with van der Waals surface area (Å²) >= 11 is 5.35. The Morgan fingerprint density at radius 1 is 1.53 bits per heavy atom. The van der Waals surface area contributed by atoms with Crippen molar-refractivity contribution in [2.75, 3.05) is 14.1 Å². The molecule has 15 heavy (non-hydrogen) atoms. The van der Waals surface area contributed by atoms with Crippen LogP contribution in [0.2, 0.25) is 5.15 Å². The van der Waals surface area contributed by atoms with E-state index in [1.54, 1.807) is 14.1 Å². The van der Waals surface area contributed by atoms with Gasteiger partial charge in [-0.25, -0.2) is 9.78 Å². The number of carbonyl (C=O) groups is 2. The zero-order chi connectivity index (χ0) is 11.8. The summed E-state index contributed by atoms with van der Waals surface area (Å²) in [7, 11) is 3.38. The minimum absolute atomic E-state index is 0.0832. The lowest BCUT2D eigenvalue weighted by Gasteiger charge is -1.93. The first kappa shape index (κ1) is 13.3. The molecule has 82 valence electrons. The number of aromatic nitrogens is 2. The Morgan fingerprint density at radius 3 is 2.33 bits per heavy atom. The molecule has 0 spiro atoms. The highest BCUT2D eigenvalue weighted by atomic mass is 35.5. The van der Waals surface area contributed by atoms with Gasteiger partial charge in [-0.1, -0.05) is 11.6 Å². The number of halogens is 1. The Kier molecular flexibility index (Phi) is 5.96. The highest BCUT2D eigenvalue weighted by molar-refractivity contribution is 6.29. The summed E-state index contributed by atoms with van der Waals surface area (Å²) in [6.07, 6.45) is 3.15. The van der Waals surface area contributed by atoms with Gasteiger partial charge in [0.05, 0.1) is 12.4 Å². The van der Waals surface area contributed by atoms with E-state index in [1.807, 2.05) is 0 Å². The van der Waals surface area contributed by atoms with Gasteiger partial charge in [0, 0.05) is 14.1 Å².